The molecule has 0 fully saturated rings. The fourth-order valence-electron chi connectivity index (χ4n) is 3.09. The lowest BCUT2D eigenvalue weighted by Crippen LogP contribution is -2.29. The highest BCUT2D eigenvalue weighted by atomic mass is 32.2. The maximum Gasteiger partial charge on any atom is 0.289 e. The predicted octanol–water partition coefficient (Wildman–Crippen LogP) is 2.07. The molecule has 13 heteroatoms. The number of rotatable bonds is 9. The molecule has 0 aliphatic heterocycles. The molecule has 0 spiro atoms. The van der Waals surface area contributed by atoms with E-state index in [1.807, 2.05) is 18.2 Å². The van der Waals surface area contributed by atoms with Crippen LogP contribution in [0.1, 0.15) is 0 Å². The van der Waals surface area contributed by atoms with E-state index in [0.717, 1.165) is 6.07 Å². The zero-order valence-electron chi connectivity index (χ0n) is 17.3. The number of ether oxygens (including phenoxy) is 2. The summed E-state index contributed by atoms with van der Waals surface area (Å²) in [7, 11) is -2.55. The molecule has 2 heterocycles. The van der Waals surface area contributed by atoms with Crippen molar-refractivity contribution in [2.45, 2.75) is 4.90 Å². The van der Waals surface area contributed by atoms with Crippen molar-refractivity contribution < 1.29 is 22.8 Å². The lowest BCUT2D eigenvalue weighted by molar-refractivity contribution is -0.387. The number of nitrogens with one attached hydrogen (secondary N) is 1. The van der Waals surface area contributed by atoms with Crippen molar-refractivity contribution in [2.24, 2.45) is 0 Å². The highest BCUT2D eigenvalue weighted by molar-refractivity contribution is 7.89. The third-order valence-electron chi connectivity index (χ3n) is 4.58. The van der Waals surface area contributed by atoms with Gasteiger partial charge in [-0.15, -0.1) is 15.3 Å². The molecule has 0 saturated heterocycles. The summed E-state index contributed by atoms with van der Waals surface area (Å²) >= 11 is 0. The minimum atomic E-state index is -4.10. The Morgan fingerprint density at radius 1 is 1.06 bits per heavy atom. The Bertz CT molecular complexity index is 1420. The number of sulfonamides is 1. The first-order valence-electron chi connectivity index (χ1n) is 9.62. The molecule has 0 amide bonds. The summed E-state index contributed by atoms with van der Waals surface area (Å²) in [5.41, 5.74) is 0.671. The largest absolute Gasteiger partial charge is 0.496 e. The smallest absolute Gasteiger partial charge is 0.289 e. The van der Waals surface area contributed by atoms with E-state index >= 15 is 0 Å². The number of methoxy groups -OCH3 is 1. The summed E-state index contributed by atoms with van der Waals surface area (Å²) in [4.78, 5) is 9.94. The van der Waals surface area contributed by atoms with E-state index in [4.69, 9.17) is 9.47 Å². The van der Waals surface area contributed by atoms with Crippen LogP contribution in [0.25, 0.3) is 17.0 Å². The van der Waals surface area contributed by atoms with Crippen LogP contribution in [-0.4, -0.2) is 53.4 Å². The third-order valence-corrected chi connectivity index (χ3v) is 6.09. The Kier molecular flexibility index (Phi) is 6.15. The van der Waals surface area contributed by atoms with Gasteiger partial charge >= 0.3 is 0 Å². The summed E-state index contributed by atoms with van der Waals surface area (Å²) in [6.45, 7) is -0.194. The summed E-state index contributed by atoms with van der Waals surface area (Å²) in [6.07, 6.45) is 0. The first-order valence-corrected chi connectivity index (χ1v) is 11.1. The van der Waals surface area contributed by atoms with Gasteiger partial charge in [0.2, 0.25) is 15.9 Å². The van der Waals surface area contributed by atoms with Crippen LogP contribution in [0.2, 0.25) is 0 Å². The SMILES string of the molecule is COc1ccccc1-c1nnc2ccc(OCCNS(=O)(=O)c3ccccc3[N+](=O)[O-])nn12. The fourth-order valence-corrected chi connectivity index (χ4v) is 4.27. The normalized spacial score (nSPS) is 11.4. The van der Waals surface area contributed by atoms with E-state index in [2.05, 4.69) is 20.0 Å². The van der Waals surface area contributed by atoms with E-state index in [1.54, 1.807) is 25.3 Å². The zero-order chi connectivity index (χ0) is 23.4. The van der Waals surface area contributed by atoms with Crippen LogP contribution in [0, 0.1) is 10.1 Å². The Morgan fingerprint density at radius 3 is 2.61 bits per heavy atom. The van der Waals surface area contributed by atoms with Gasteiger partial charge in [0.1, 0.15) is 12.4 Å². The summed E-state index contributed by atoms with van der Waals surface area (Å²) in [5.74, 6) is 1.26. The van der Waals surface area contributed by atoms with E-state index < -0.39 is 25.5 Å². The molecule has 0 saturated carbocycles. The Hall–Kier alpha value is -4.10. The van der Waals surface area contributed by atoms with Crippen LogP contribution in [-0.2, 0) is 10.0 Å². The van der Waals surface area contributed by atoms with Gasteiger partial charge in [-0.25, -0.2) is 13.1 Å². The zero-order valence-corrected chi connectivity index (χ0v) is 18.1. The number of nitro groups is 1. The number of hydrogen-bond donors (Lipinski definition) is 1. The van der Waals surface area contributed by atoms with Crippen LogP contribution in [0.4, 0.5) is 5.69 Å². The molecule has 0 unspecified atom stereocenters. The highest BCUT2D eigenvalue weighted by Gasteiger charge is 2.24. The van der Waals surface area contributed by atoms with Crippen LogP contribution in [0.15, 0.2) is 65.6 Å². The van der Waals surface area contributed by atoms with Crippen molar-refractivity contribution in [3.05, 3.63) is 70.8 Å². The van der Waals surface area contributed by atoms with Gasteiger partial charge in [0.15, 0.2) is 16.4 Å². The Balaban J connectivity index is 1.47. The molecule has 12 nitrogen and oxygen atoms in total. The minimum absolute atomic E-state index is 0.0650. The quantitative estimate of drug-likeness (QED) is 0.220. The van der Waals surface area contributed by atoms with Gasteiger partial charge in [0, 0.05) is 18.7 Å². The first kappa shape index (κ1) is 22.1. The maximum absolute atomic E-state index is 12.5. The van der Waals surface area contributed by atoms with Crippen LogP contribution < -0.4 is 14.2 Å². The number of nitro benzene ring substituents is 1. The van der Waals surface area contributed by atoms with Gasteiger partial charge in [0.25, 0.3) is 5.69 Å². The molecule has 1 N–H and O–H groups in total. The van der Waals surface area contributed by atoms with Crippen LogP contribution >= 0.6 is 0 Å². The molecule has 4 rings (SSSR count). The summed E-state index contributed by atoms with van der Waals surface area (Å²) in [6, 6.07) is 15.6. The van der Waals surface area contributed by atoms with Crippen molar-refractivity contribution in [2.75, 3.05) is 20.3 Å². The molecule has 2 aromatic heterocycles. The van der Waals surface area contributed by atoms with Crippen molar-refractivity contribution in [3.8, 4) is 23.0 Å². The lowest BCUT2D eigenvalue weighted by atomic mass is 10.2. The van der Waals surface area contributed by atoms with E-state index in [9.17, 15) is 18.5 Å². The maximum atomic E-state index is 12.5. The molecule has 4 aromatic rings. The number of benzene rings is 2. The van der Waals surface area contributed by atoms with Crippen molar-refractivity contribution in [1.29, 1.82) is 0 Å². The molecular formula is C20H18N6O6S. The summed E-state index contributed by atoms with van der Waals surface area (Å²) in [5, 5.41) is 23.7. The van der Waals surface area contributed by atoms with Crippen molar-refractivity contribution in [3.63, 3.8) is 0 Å². The van der Waals surface area contributed by atoms with Gasteiger partial charge in [-0.3, -0.25) is 10.1 Å². The molecule has 170 valence electrons. The lowest BCUT2D eigenvalue weighted by Gasteiger charge is -2.09. The van der Waals surface area contributed by atoms with Gasteiger partial charge in [-0.1, -0.05) is 24.3 Å². The average Bonchev–Trinajstić information content (AvgIpc) is 3.25. The monoisotopic (exact) mass is 470 g/mol. The highest BCUT2D eigenvalue weighted by Crippen LogP contribution is 2.28. The topological polar surface area (TPSA) is 151 Å². The van der Waals surface area contributed by atoms with Crippen molar-refractivity contribution in [1.82, 2.24) is 24.5 Å². The number of para-hydroxylation sites is 2. The molecule has 0 aliphatic carbocycles. The van der Waals surface area contributed by atoms with Crippen LogP contribution in [0.3, 0.4) is 0 Å². The molecular weight excluding hydrogens is 452 g/mol. The molecule has 0 atom stereocenters. The van der Waals surface area contributed by atoms with Crippen LogP contribution in [0.5, 0.6) is 11.6 Å². The molecule has 0 radical (unpaired) electrons. The molecule has 0 aliphatic rings. The van der Waals surface area contributed by atoms with Crippen molar-refractivity contribution >= 4 is 21.4 Å². The van der Waals surface area contributed by atoms with Gasteiger partial charge in [-0.05, 0) is 24.3 Å². The number of fused-ring (bicyclic) bond motifs is 1. The number of nitrogens with zero attached hydrogens (tertiary/aromatic N) is 5. The second-order valence-electron chi connectivity index (χ2n) is 6.64. The second kappa shape index (κ2) is 9.18. The predicted molar refractivity (Wildman–Crippen MR) is 117 cm³/mol. The average molecular weight is 470 g/mol. The minimum Gasteiger partial charge on any atom is -0.496 e. The fraction of sp³-hybridized carbons (Fsp3) is 0.150. The Morgan fingerprint density at radius 2 is 1.82 bits per heavy atom. The van der Waals surface area contributed by atoms with Gasteiger partial charge < -0.3 is 9.47 Å². The van der Waals surface area contributed by atoms with E-state index in [-0.39, 0.29) is 19.0 Å². The van der Waals surface area contributed by atoms with E-state index in [0.29, 0.717) is 22.8 Å². The standard InChI is InChI=1S/C20H18N6O6S/c1-31-16-8-4-2-6-14(16)20-23-22-18-10-11-19(24-25(18)20)32-13-12-21-33(29,30)17-9-5-3-7-15(17)26(27)28/h2-11,21H,12-13H2,1H3. The second-order valence-corrected chi connectivity index (χ2v) is 8.37. The first-order chi connectivity index (χ1) is 15.9. The molecule has 2 aromatic carbocycles. The Labute approximate surface area is 188 Å². The molecule has 33 heavy (non-hydrogen) atoms. The van der Waals surface area contributed by atoms with Gasteiger partial charge in [0.05, 0.1) is 17.6 Å². The molecule has 0 bridgehead atoms. The third kappa shape index (κ3) is 4.58. The summed E-state index contributed by atoms with van der Waals surface area (Å²) < 4.78 is 39.6. The number of hydrogen-bond acceptors (Lipinski definition) is 9. The van der Waals surface area contributed by atoms with E-state index in [1.165, 1.54) is 22.7 Å². The van der Waals surface area contributed by atoms with Gasteiger partial charge in [-0.2, -0.15) is 4.52 Å². The number of aromatic nitrogens is 4.